The molecule has 3 unspecified atom stereocenters. The predicted molar refractivity (Wildman–Crippen MR) is 63.4 cm³/mol. The van der Waals surface area contributed by atoms with Crippen molar-refractivity contribution in [2.24, 2.45) is 17.6 Å². The SMILES string of the molecule is COc1cccc(CN2CC3C(N)C3C2=O)c1. The number of carbonyl (C=O) groups excluding carboxylic acids is 1. The lowest BCUT2D eigenvalue weighted by Crippen LogP contribution is -2.32. The number of fused-ring (bicyclic) bond motifs is 1. The van der Waals surface area contributed by atoms with Crippen molar-refractivity contribution in [2.45, 2.75) is 12.6 Å². The Hall–Kier alpha value is -1.55. The molecule has 2 aliphatic rings. The number of likely N-dealkylation sites (tertiary alicyclic amines) is 1. The van der Waals surface area contributed by atoms with Gasteiger partial charge in [0.15, 0.2) is 0 Å². The maximum absolute atomic E-state index is 11.9. The molecule has 4 nitrogen and oxygen atoms in total. The summed E-state index contributed by atoms with van der Waals surface area (Å²) < 4.78 is 5.17. The third kappa shape index (κ3) is 1.69. The van der Waals surface area contributed by atoms with Crippen LogP contribution in [0, 0.1) is 11.8 Å². The standard InChI is InChI=1S/C13H16N2O2/c1-17-9-4-2-3-8(5-9)6-15-7-10-11(12(10)14)13(15)16/h2-5,10-12H,6-7,14H2,1H3. The fraction of sp³-hybridized carbons (Fsp3) is 0.462. The van der Waals surface area contributed by atoms with Crippen LogP contribution in [-0.4, -0.2) is 30.5 Å². The van der Waals surface area contributed by atoms with Crippen molar-refractivity contribution >= 4 is 5.91 Å². The largest absolute Gasteiger partial charge is 0.497 e. The molecular weight excluding hydrogens is 216 g/mol. The van der Waals surface area contributed by atoms with Gasteiger partial charge in [-0.05, 0) is 17.7 Å². The summed E-state index contributed by atoms with van der Waals surface area (Å²) in [6, 6.07) is 7.95. The molecule has 2 N–H and O–H groups in total. The highest BCUT2D eigenvalue weighted by atomic mass is 16.5. The minimum absolute atomic E-state index is 0.0978. The molecule has 1 saturated heterocycles. The van der Waals surface area contributed by atoms with E-state index in [9.17, 15) is 4.79 Å². The van der Waals surface area contributed by atoms with E-state index in [1.807, 2.05) is 29.2 Å². The predicted octanol–water partition coefficient (Wildman–Crippen LogP) is 0.611. The van der Waals surface area contributed by atoms with Gasteiger partial charge in [-0.1, -0.05) is 12.1 Å². The maximum Gasteiger partial charge on any atom is 0.227 e. The molecular formula is C13H16N2O2. The van der Waals surface area contributed by atoms with Crippen molar-refractivity contribution in [3.8, 4) is 5.75 Å². The molecule has 90 valence electrons. The zero-order valence-electron chi connectivity index (χ0n) is 9.80. The molecule has 1 aliphatic heterocycles. The van der Waals surface area contributed by atoms with Crippen LogP contribution in [0.1, 0.15) is 5.56 Å². The smallest absolute Gasteiger partial charge is 0.227 e. The maximum atomic E-state index is 11.9. The van der Waals surface area contributed by atoms with Gasteiger partial charge >= 0.3 is 0 Å². The van der Waals surface area contributed by atoms with Crippen LogP contribution in [0.25, 0.3) is 0 Å². The van der Waals surface area contributed by atoms with Crippen LogP contribution < -0.4 is 10.5 Å². The normalized spacial score (nSPS) is 30.4. The number of nitrogens with zero attached hydrogens (tertiary/aromatic N) is 1. The number of piperidine rings is 1. The Morgan fingerprint density at radius 1 is 1.53 bits per heavy atom. The van der Waals surface area contributed by atoms with Gasteiger partial charge < -0.3 is 15.4 Å². The summed E-state index contributed by atoms with van der Waals surface area (Å²) in [5.74, 6) is 1.54. The Morgan fingerprint density at radius 3 is 3.00 bits per heavy atom. The van der Waals surface area contributed by atoms with Crippen molar-refractivity contribution in [3.63, 3.8) is 0 Å². The Morgan fingerprint density at radius 2 is 2.35 bits per heavy atom. The van der Waals surface area contributed by atoms with Gasteiger partial charge in [0.25, 0.3) is 0 Å². The molecule has 2 fully saturated rings. The van der Waals surface area contributed by atoms with E-state index < -0.39 is 0 Å². The van der Waals surface area contributed by atoms with Crippen LogP contribution in [0.3, 0.4) is 0 Å². The Labute approximate surface area is 100 Å². The molecule has 3 atom stereocenters. The number of hydrogen-bond acceptors (Lipinski definition) is 3. The Balaban J connectivity index is 1.70. The van der Waals surface area contributed by atoms with Gasteiger partial charge in [0.05, 0.1) is 13.0 Å². The number of methoxy groups -OCH3 is 1. The first-order valence-corrected chi connectivity index (χ1v) is 5.88. The highest BCUT2D eigenvalue weighted by Gasteiger charge is 2.59. The van der Waals surface area contributed by atoms with Crippen molar-refractivity contribution in [3.05, 3.63) is 29.8 Å². The fourth-order valence-electron chi connectivity index (χ4n) is 2.67. The quantitative estimate of drug-likeness (QED) is 0.830. The molecule has 1 heterocycles. The lowest BCUT2D eigenvalue weighted by Gasteiger charge is -2.19. The van der Waals surface area contributed by atoms with Crippen molar-refractivity contribution in [1.82, 2.24) is 4.90 Å². The highest BCUT2D eigenvalue weighted by Crippen LogP contribution is 2.45. The zero-order chi connectivity index (χ0) is 12.0. The summed E-state index contributed by atoms with van der Waals surface area (Å²) >= 11 is 0. The molecule has 17 heavy (non-hydrogen) atoms. The van der Waals surface area contributed by atoms with E-state index >= 15 is 0 Å². The Kier molecular flexibility index (Phi) is 2.33. The lowest BCUT2D eigenvalue weighted by molar-refractivity contribution is -0.130. The molecule has 1 aliphatic carbocycles. The van der Waals surface area contributed by atoms with Crippen LogP contribution in [0.5, 0.6) is 5.75 Å². The van der Waals surface area contributed by atoms with Gasteiger partial charge in [-0.15, -0.1) is 0 Å². The number of amides is 1. The summed E-state index contributed by atoms with van der Waals surface area (Å²) in [5.41, 5.74) is 6.90. The summed E-state index contributed by atoms with van der Waals surface area (Å²) in [6.07, 6.45) is 0. The molecule has 0 bridgehead atoms. The topological polar surface area (TPSA) is 55.6 Å². The second-order valence-electron chi connectivity index (χ2n) is 4.84. The Bertz CT molecular complexity index is 460. The van der Waals surface area contributed by atoms with E-state index in [1.165, 1.54) is 0 Å². The highest BCUT2D eigenvalue weighted by molar-refractivity contribution is 5.86. The summed E-state index contributed by atoms with van der Waals surface area (Å²) in [5, 5.41) is 0. The monoisotopic (exact) mass is 232 g/mol. The van der Waals surface area contributed by atoms with Crippen LogP contribution in [-0.2, 0) is 11.3 Å². The number of carbonyl (C=O) groups is 1. The van der Waals surface area contributed by atoms with E-state index in [2.05, 4.69) is 0 Å². The lowest BCUT2D eigenvalue weighted by atomic mass is 10.2. The van der Waals surface area contributed by atoms with E-state index in [4.69, 9.17) is 10.5 Å². The first-order chi connectivity index (χ1) is 8.20. The summed E-state index contributed by atoms with van der Waals surface area (Å²) in [7, 11) is 1.65. The van der Waals surface area contributed by atoms with Gasteiger partial charge in [0.2, 0.25) is 5.91 Å². The molecule has 0 aromatic heterocycles. The number of benzene rings is 1. The van der Waals surface area contributed by atoms with Gasteiger partial charge in [-0.3, -0.25) is 4.79 Å². The van der Waals surface area contributed by atoms with Crippen LogP contribution in [0.4, 0.5) is 0 Å². The van der Waals surface area contributed by atoms with Crippen molar-refractivity contribution < 1.29 is 9.53 Å². The minimum Gasteiger partial charge on any atom is -0.497 e. The zero-order valence-corrected chi connectivity index (χ0v) is 9.80. The minimum atomic E-state index is 0.0978. The fourth-order valence-corrected chi connectivity index (χ4v) is 2.67. The number of ether oxygens (including phenoxy) is 1. The van der Waals surface area contributed by atoms with Crippen LogP contribution in [0.15, 0.2) is 24.3 Å². The van der Waals surface area contributed by atoms with Gasteiger partial charge in [0.1, 0.15) is 5.75 Å². The summed E-state index contributed by atoms with van der Waals surface area (Å²) in [4.78, 5) is 13.8. The molecule has 4 heteroatoms. The van der Waals surface area contributed by atoms with E-state index in [0.29, 0.717) is 12.5 Å². The van der Waals surface area contributed by atoms with E-state index in [-0.39, 0.29) is 17.9 Å². The average molecular weight is 232 g/mol. The third-order valence-electron chi connectivity index (χ3n) is 3.77. The third-order valence-corrected chi connectivity index (χ3v) is 3.77. The first-order valence-electron chi connectivity index (χ1n) is 5.88. The number of rotatable bonds is 3. The first kappa shape index (κ1) is 10.6. The van der Waals surface area contributed by atoms with Crippen molar-refractivity contribution in [1.29, 1.82) is 0 Å². The number of nitrogens with two attached hydrogens (primary N) is 1. The molecule has 3 rings (SSSR count). The van der Waals surface area contributed by atoms with Crippen molar-refractivity contribution in [2.75, 3.05) is 13.7 Å². The molecule has 0 radical (unpaired) electrons. The second kappa shape index (κ2) is 3.74. The van der Waals surface area contributed by atoms with E-state index in [1.54, 1.807) is 7.11 Å². The molecule has 0 spiro atoms. The molecule has 1 saturated carbocycles. The number of hydrogen-bond donors (Lipinski definition) is 1. The molecule has 1 amide bonds. The molecule has 1 aromatic carbocycles. The van der Waals surface area contributed by atoms with Crippen LogP contribution in [0.2, 0.25) is 0 Å². The summed E-state index contributed by atoms with van der Waals surface area (Å²) in [6.45, 7) is 1.47. The van der Waals surface area contributed by atoms with Crippen LogP contribution >= 0.6 is 0 Å². The van der Waals surface area contributed by atoms with E-state index in [0.717, 1.165) is 17.9 Å². The average Bonchev–Trinajstić information content (AvgIpc) is 2.84. The van der Waals surface area contributed by atoms with Gasteiger partial charge in [-0.2, -0.15) is 0 Å². The molecule has 1 aromatic rings. The van der Waals surface area contributed by atoms with Gasteiger partial charge in [-0.25, -0.2) is 0 Å². The van der Waals surface area contributed by atoms with Gasteiger partial charge in [0, 0.05) is 25.0 Å². The second-order valence-corrected chi connectivity index (χ2v) is 4.84.